The lowest BCUT2D eigenvalue weighted by Gasteiger charge is -2.16. The highest BCUT2D eigenvalue weighted by atomic mass is 32.2. The van der Waals surface area contributed by atoms with Gasteiger partial charge in [0.05, 0.1) is 11.4 Å². The maximum Gasteiger partial charge on any atom is 0.253 e. The fourth-order valence-electron chi connectivity index (χ4n) is 2.27. The summed E-state index contributed by atoms with van der Waals surface area (Å²) in [4.78, 5) is 18.0. The van der Waals surface area contributed by atoms with Crippen LogP contribution in [0.5, 0.6) is 0 Å². The van der Waals surface area contributed by atoms with Crippen LogP contribution < -0.4 is 4.72 Å². The minimum absolute atomic E-state index is 0.0147. The second-order valence-corrected chi connectivity index (χ2v) is 8.05. The van der Waals surface area contributed by atoms with Crippen molar-refractivity contribution in [1.29, 1.82) is 0 Å². The van der Waals surface area contributed by atoms with Gasteiger partial charge in [-0.2, -0.15) is 4.98 Å². The molecule has 0 saturated heterocycles. The highest BCUT2D eigenvalue weighted by Crippen LogP contribution is 2.14. The molecule has 0 radical (unpaired) electrons. The zero-order chi connectivity index (χ0) is 19.3. The quantitative estimate of drug-likeness (QED) is 0.752. The molecule has 0 aliphatic carbocycles. The number of carbonyl (C=O) groups is 1. The molecule has 0 spiro atoms. The van der Waals surface area contributed by atoms with E-state index in [2.05, 4.69) is 14.9 Å². The Balaban J connectivity index is 2.13. The van der Waals surface area contributed by atoms with Gasteiger partial charge in [0.2, 0.25) is 15.9 Å². The summed E-state index contributed by atoms with van der Waals surface area (Å²) in [6.07, 6.45) is 0.824. The number of sulfonamides is 1. The second kappa shape index (κ2) is 8.41. The summed E-state index contributed by atoms with van der Waals surface area (Å²) in [5.41, 5.74) is 0.325. The molecule has 0 saturated carbocycles. The van der Waals surface area contributed by atoms with E-state index < -0.39 is 10.0 Å². The Morgan fingerprint density at radius 2 is 2.08 bits per heavy atom. The Bertz CT molecular complexity index is 861. The molecule has 2 aromatic rings. The van der Waals surface area contributed by atoms with Crippen LogP contribution in [0.25, 0.3) is 0 Å². The van der Waals surface area contributed by atoms with Gasteiger partial charge in [-0.25, -0.2) is 13.1 Å². The van der Waals surface area contributed by atoms with Gasteiger partial charge in [-0.1, -0.05) is 32.0 Å². The van der Waals surface area contributed by atoms with E-state index >= 15 is 0 Å². The lowest BCUT2D eigenvalue weighted by atomic mass is 10.2. The molecule has 1 N–H and O–H groups in total. The zero-order valence-electron chi connectivity index (χ0n) is 15.4. The summed E-state index contributed by atoms with van der Waals surface area (Å²) in [6.45, 7) is 6.28. The summed E-state index contributed by atoms with van der Waals surface area (Å²) in [5.74, 6) is 0.553. The first-order chi connectivity index (χ1) is 12.2. The number of rotatable bonds is 8. The van der Waals surface area contributed by atoms with Gasteiger partial charge in [-0.3, -0.25) is 4.79 Å². The van der Waals surface area contributed by atoms with Crippen LogP contribution in [-0.4, -0.2) is 43.0 Å². The van der Waals surface area contributed by atoms with E-state index in [0.29, 0.717) is 18.0 Å². The maximum atomic E-state index is 12.5. The Labute approximate surface area is 153 Å². The Kier molecular flexibility index (Phi) is 6.49. The third kappa shape index (κ3) is 4.89. The third-order valence-electron chi connectivity index (χ3n) is 3.70. The number of carbonyl (C=O) groups excluding carboxylic acids is 1. The molecule has 0 fully saturated rings. The molecule has 26 heavy (non-hydrogen) atoms. The molecule has 0 aliphatic heterocycles. The summed E-state index contributed by atoms with van der Waals surface area (Å²) >= 11 is 0. The zero-order valence-corrected chi connectivity index (χ0v) is 16.2. The largest absolute Gasteiger partial charge is 0.342 e. The van der Waals surface area contributed by atoms with Crippen LogP contribution in [0, 0.1) is 0 Å². The van der Waals surface area contributed by atoms with E-state index in [0.717, 1.165) is 6.42 Å². The monoisotopic (exact) mass is 380 g/mol. The minimum Gasteiger partial charge on any atom is -0.342 e. The topological polar surface area (TPSA) is 105 Å². The number of hydrogen-bond donors (Lipinski definition) is 1. The molecule has 1 amide bonds. The third-order valence-corrected chi connectivity index (χ3v) is 5.09. The van der Waals surface area contributed by atoms with E-state index in [4.69, 9.17) is 4.52 Å². The van der Waals surface area contributed by atoms with Crippen LogP contribution in [0.4, 0.5) is 0 Å². The summed E-state index contributed by atoms with van der Waals surface area (Å²) in [6, 6.07) is 5.95. The van der Waals surface area contributed by atoms with Crippen molar-refractivity contribution in [2.45, 2.75) is 44.6 Å². The van der Waals surface area contributed by atoms with Gasteiger partial charge in [0.25, 0.3) is 5.91 Å². The van der Waals surface area contributed by atoms with E-state index in [1.165, 1.54) is 12.1 Å². The Morgan fingerprint density at radius 3 is 2.69 bits per heavy atom. The van der Waals surface area contributed by atoms with Crippen molar-refractivity contribution < 1.29 is 17.7 Å². The van der Waals surface area contributed by atoms with Crippen molar-refractivity contribution >= 4 is 15.9 Å². The standard InChI is InChI=1S/C17H24N4O4S/c1-5-9-21(4)17(22)13-7-6-8-14(10-13)26(23,24)18-11-15-19-16(12(2)3)25-20-15/h6-8,10,12,18H,5,9,11H2,1-4H3. The smallest absolute Gasteiger partial charge is 0.253 e. The average molecular weight is 380 g/mol. The van der Waals surface area contributed by atoms with Gasteiger partial charge >= 0.3 is 0 Å². The first kappa shape index (κ1) is 20.1. The fraction of sp³-hybridized carbons (Fsp3) is 0.471. The van der Waals surface area contributed by atoms with Gasteiger partial charge in [-0.15, -0.1) is 0 Å². The molecule has 8 nitrogen and oxygen atoms in total. The van der Waals surface area contributed by atoms with Crippen molar-refractivity contribution in [3.63, 3.8) is 0 Å². The highest BCUT2D eigenvalue weighted by molar-refractivity contribution is 7.89. The lowest BCUT2D eigenvalue weighted by Crippen LogP contribution is -2.28. The fourth-order valence-corrected chi connectivity index (χ4v) is 3.30. The van der Waals surface area contributed by atoms with Crippen LogP contribution in [-0.2, 0) is 16.6 Å². The van der Waals surface area contributed by atoms with Crippen LogP contribution in [0.2, 0.25) is 0 Å². The van der Waals surface area contributed by atoms with Crippen molar-refractivity contribution in [3.8, 4) is 0 Å². The van der Waals surface area contributed by atoms with E-state index in [9.17, 15) is 13.2 Å². The van der Waals surface area contributed by atoms with Gasteiger partial charge in [0.15, 0.2) is 5.82 Å². The number of aromatic nitrogens is 2. The molecule has 1 aromatic carbocycles. The molecule has 1 aromatic heterocycles. The van der Waals surface area contributed by atoms with Gasteiger partial charge < -0.3 is 9.42 Å². The van der Waals surface area contributed by atoms with E-state index in [-0.39, 0.29) is 29.1 Å². The normalized spacial score (nSPS) is 11.7. The maximum absolute atomic E-state index is 12.5. The van der Waals surface area contributed by atoms with Crippen molar-refractivity contribution in [3.05, 3.63) is 41.5 Å². The van der Waals surface area contributed by atoms with Gasteiger partial charge in [0.1, 0.15) is 0 Å². The molecule has 2 rings (SSSR count). The summed E-state index contributed by atoms with van der Waals surface area (Å²) in [7, 11) is -2.12. The van der Waals surface area contributed by atoms with Crippen LogP contribution in [0.15, 0.2) is 33.7 Å². The SMILES string of the molecule is CCCN(C)C(=O)c1cccc(S(=O)(=O)NCc2noc(C(C)C)n2)c1. The predicted octanol–water partition coefficient (Wildman–Crippen LogP) is 2.15. The van der Waals surface area contributed by atoms with E-state index in [1.54, 1.807) is 24.1 Å². The molecule has 9 heteroatoms. The number of amides is 1. The molecular formula is C17H24N4O4S. The van der Waals surface area contributed by atoms with Crippen LogP contribution in [0.1, 0.15) is 55.2 Å². The van der Waals surface area contributed by atoms with Crippen LogP contribution in [0.3, 0.4) is 0 Å². The van der Waals surface area contributed by atoms with Crippen LogP contribution >= 0.6 is 0 Å². The van der Waals surface area contributed by atoms with Gasteiger partial charge in [-0.05, 0) is 24.6 Å². The lowest BCUT2D eigenvalue weighted by molar-refractivity contribution is 0.0795. The Morgan fingerprint density at radius 1 is 1.35 bits per heavy atom. The average Bonchev–Trinajstić information content (AvgIpc) is 3.09. The first-order valence-corrected chi connectivity index (χ1v) is 9.90. The number of nitrogens with one attached hydrogen (secondary N) is 1. The molecule has 1 heterocycles. The number of nitrogens with zero attached hydrogens (tertiary/aromatic N) is 3. The number of benzene rings is 1. The highest BCUT2D eigenvalue weighted by Gasteiger charge is 2.19. The van der Waals surface area contributed by atoms with Crippen molar-refractivity contribution in [1.82, 2.24) is 19.8 Å². The molecule has 0 atom stereocenters. The van der Waals surface area contributed by atoms with E-state index in [1.807, 2.05) is 20.8 Å². The predicted molar refractivity (Wildman–Crippen MR) is 96.1 cm³/mol. The summed E-state index contributed by atoms with van der Waals surface area (Å²) in [5, 5.41) is 3.75. The van der Waals surface area contributed by atoms with Crippen molar-refractivity contribution in [2.75, 3.05) is 13.6 Å². The minimum atomic E-state index is -3.81. The molecular weight excluding hydrogens is 356 g/mol. The first-order valence-electron chi connectivity index (χ1n) is 8.42. The molecule has 0 bridgehead atoms. The van der Waals surface area contributed by atoms with Gasteiger partial charge in [0, 0.05) is 25.1 Å². The molecule has 142 valence electrons. The number of hydrogen-bond acceptors (Lipinski definition) is 6. The Hall–Kier alpha value is -2.26. The molecule has 0 aliphatic rings. The van der Waals surface area contributed by atoms with Crippen molar-refractivity contribution in [2.24, 2.45) is 0 Å². The summed E-state index contributed by atoms with van der Waals surface area (Å²) < 4.78 is 32.5. The second-order valence-electron chi connectivity index (χ2n) is 6.28. The molecule has 0 unspecified atom stereocenters.